The lowest BCUT2D eigenvalue weighted by molar-refractivity contribution is 0.0743. The van der Waals surface area contributed by atoms with Gasteiger partial charge in [-0.1, -0.05) is 6.07 Å². The number of rotatable bonds is 5. The van der Waals surface area contributed by atoms with E-state index in [0.717, 1.165) is 18.5 Å². The van der Waals surface area contributed by atoms with Crippen LogP contribution in [0.2, 0.25) is 0 Å². The van der Waals surface area contributed by atoms with Crippen molar-refractivity contribution in [1.82, 2.24) is 9.47 Å². The Labute approximate surface area is 122 Å². The van der Waals surface area contributed by atoms with Gasteiger partial charge in [0.2, 0.25) is 0 Å². The van der Waals surface area contributed by atoms with Crippen LogP contribution in [0.25, 0.3) is 0 Å². The van der Waals surface area contributed by atoms with Gasteiger partial charge in [-0.25, -0.2) is 0 Å². The van der Waals surface area contributed by atoms with Gasteiger partial charge in [0.05, 0.1) is 12.2 Å². The van der Waals surface area contributed by atoms with Crippen molar-refractivity contribution in [1.29, 1.82) is 0 Å². The van der Waals surface area contributed by atoms with E-state index in [9.17, 15) is 4.79 Å². The molecule has 2 aromatic heterocycles. The molecule has 0 atom stereocenters. The molecule has 0 aliphatic heterocycles. The number of carbonyl (C=O) groups excluding carboxylic acids is 1. The third kappa shape index (κ3) is 2.58. The fourth-order valence-corrected chi connectivity index (χ4v) is 3.13. The van der Waals surface area contributed by atoms with Gasteiger partial charge < -0.3 is 15.2 Å². The number of amides is 1. The van der Waals surface area contributed by atoms with E-state index in [1.807, 2.05) is 29.5 Å². The maximum absolute atomic E-state index is 12.7. The summed E-state index contributed by atoms with van der Waals surface area (Å²) in [6, 6.07) is 6.35. The summed E-state index contributed by atoms with van der Waals surface area (Å²) in [5, 5.41) is 2.04. The summed E-state index contributed by atoms with van der Waals surface area (Å²) in [6.07, 6.45) is 4.18. The van der Waals surface area contributed by atoms with E-state index in [1.165, 1.54) is 4.88 Å². The number of thiophene rings is 1. The molecule has 20 heavy (non-hydrogen) atoms. The third-order valence-electron chi connectivity index (χ3n) is 3.62. The Hall–Kier alpha value is -1.75. The first-order valence-corrected chi connectivity index (χ1v) is 7.86. The molecule has 2 aromatic rings. The average molecular weight is 289 g/mol. The molecule has 4 nitrogen and oxygen atoms in total. The van der Waals surface area contributed by atoms with Gasteiger partial charge >= 0.3 is 0 Å². The molecule has 0 saturated heterocycles. The lowest BCUT2D eigenvalue weighted by Gasteiger charge is -2.21. The van der Waals surface area contributed by atoms with E-state index in [-0.39, 0.29) is 5.91 Å². The van der Waals surface area contributed by atoms with Crippen molar-refractivity contribution < 1.29 is 4.79 Å². The fourth-order valence-electron chi connectivity index (χ4n) is 2.41. The molecule has 1 amide bonds. The minimum Gasteiger partial charge on any atom is -0.397 e. The van der Waals surface area contributed by atoms with Crippen molar-refractivity contribution in [2.45, 2.75) is 32.4 Å². The first-order valence-electron chi connectivity index (χ1n) is 6.98. The highest BCUT2D eigenvalue weighted by molar-refractivity contribution is 7.09. The molecule has 0 spiro atoms. The molecule has 5 heteroatoms. The van der Waals surface area contributed by atoms with Crippen LogP contribution in [-0.2, 0) is 6.54 Å². The quantitative estimate of drug-likeness (QED) is 0.919. The summed E-state index contributed by atoms with van der Waals surface area (Å²) in [5.74, 6) is 0.0736. The fraction of sp³-hybridized carbons (Fsp3) is 0.400. The van der Waals surface area contributed by atoms with Crippen LogP contribution in [0, 0.1) is 0 Å². The Morgan fingerprint density at radius 1 is 1.55 bits per heavy atom. The van der Waals surface area contributed by atoms with Crippen molar-refractivity contribution >= 4 is 22.9 Å². The lowest BCUT2D eigenvalue weighted by Crippen LogP contribution is -2.31. The molecule has 3 rings (SSSR count). The maximum atomic E-state index is 12.7. The standard InChI is InChI=1S/C15H19N3OS/c1-2-17(10-13-4-3-7-20-13)15(19)14-8-11(16)9-18(14)12-5-6-12/h3-4,7-9,12H,2,5-6,10,16H2,1H3. The van der Waals surface area contributed by atoms with Gasteiger partial charge in [0.25, 0.3) is 5.91 Å². The minimum absolute atomic E-state index is 0.0736. The zero-order valence-corrected chi connectivity index (χ0v) is 12.4. The van der Waals surface area contributed by atoms with Gasteiger partial charge in [-0.05, 0) is 37.3 Å². The second-order valence-corrected chi connectivity index (χ2v) is 6.23. The molecule has 1 fully saturated rings. The largest absolute Gasteiger partial charge is 0.397 e. The lowest BCUT2D eigenvalue weighted by atomic mass is 10.3. The van der Waals surface area contributed by atoms with Crippen LogP contribution in [0.1, 0.15) is 41.2 Å². The number of anilines is 1. The Balaban J connectivity index is 1.82. The van der Waals surface area contributed by atoms with Crippen molar-refractivity contribution in [2.75, 3.05) is 12.3 Å². The molecular weight excluding hydrogens is 270 g/mol. The number of hydrogen-bond acceptors (Lipinski definition) is 3. The van der Waals surface area contributed by atoms with Crippen LogP contribution in [0.15, 0.2) is 29.8 Å². The molecule has 106 valence electrons. The highest BCUT2D eigenvalue weighted by Crippen LogP contribution is 2.37. The monoisotopic (exact) mass is 289 g/mol. The van der Waals surface area contributed by atoms with Gasteiger partial charge in [-0.2, -0.15) is 0 Å². The number of carbonyl (C=O) groups is 1. The van der Waals surface area contributed by atoms with Gasteiger partial charge in [0, 0.05) is 23.7 Å². The maximum Gasteiger partial charge on any atom is 0.270 e. The van der Waals surface area contributed by atoms with Crippen LogP contribution in [0.3, 0.4) is 0 Å². The topological polar surface area (TPSA) is 51.3 Å². The molecule has 1 saturated carbocycles. The van der Waals surface area contributed by atoms with Gasteiger partial charge in [-0.15, -0.1) is 11.3 Å². The number of nitrogens with two attached hydrogens (primary N) is 1. The van der Waals surface area contributed by atoms with E-state index in [0.29, 0.717) is 24.8 Å². The summed E-state index contributed by atoms with van der Waals surface area (Å²) in [7, 11) is 0. The van der Waals surface area contributed by atoms with Crippen LogP contribution in [0.5, 0.6) is 0 Å². The van der Waals surface area contributed by atoms with Crippen LogP contribution < -0.4 is 5.73 Å². The normalized spacial score (nSPS) is 14.4. The zero-order chi connectivity index (χ0) is 14.1. The summed E-state index contributed by atoms with van der Waals surface area (Å²) in [6.45, 7) is 3.38. The molecule has 2 N–H and O–H groups in total. The first kappa shape index (κ1) is 13.2. The van der Waals surface area contributed by atoms with Crippen LogP contribution in [-0.4, -0.2) is 21.9 Å². The molecule has 1 aliphatic rings. The van der Waals surface area contributed by atoms with Crippen molar-refractivity contribution in [2.24, 2.45) is 0 Å². The van der Waals surface area contributed by atoms with Gasteiger partial charge in [-0.3, -0.25) is 4.79 Å². The highest BCUT2D eigenvalue weighted by atomic mass is 32.1. The van der Waals surface area contributed by atoms with E-state index < -0.39 is 0 Å². The minimum atomic E-state index is 0.0736. The Morgan fingerprint density at radius 3 is 2.95 bits per heavy atom. The molecule has 2 heterocycles. The number of nitrogen functional groups attached to an aromatic ring is 1. The van der Waals surface area contributed by atoms with Gasteiger partial charge in [0.1, 0.15) is 5.69 Å². The molecule has 0 bridgehead atoms. The first-order chi connectivity index (χ1) is 9.69. The van der Waals surface area contributed by atoms with Crippen molar-refractivity contribution in [3.05, 3.63) is 40.3 Å². The summed E-state index contributed by atoms with van der Waals surface area (Å²) < 4.78 is 2.05. The summed E-state index contributed by atoms with van der Waals surface area (Å²) in [5.41, 5.74) is 7.27. The second kappa shape index (κ2) is 5.32. The molecule has 0 unspecified atom stereocenters. The van der Waals surface area contributed by atoms with Crippen molar-refractivity contribution in [3.63, 3.8) is 0 Å². The smallest absolute Gasteiger partial charge is 0.270 e. The molecule has 0 radical (unpaired) electrons. The zero-order valence-electron chi connectivity index (χ0n) is 11.6. The van der Waals surface area contributed by atoms with E-state index >= 15 is 0 Å². The summed E-state index contributed by atoms with van der Waals surface area (Å²) >= 11 is 1.68. The summed E-state index contributed by atoms with van der Waals surface area (Å²) in [4.78, 5) is 15.8. The average Bonchev–Trinajstić information content (AvgIpc) is 3.01. The predicted molar refractivity (Wildman–Crippen MR) is 81.8 cm³/mol. The molecule has 0 aromatic carbocycles. The van der Waals surface area contributed by atoms with Crippen LogP contribution in [0.4, 0.5) is 5.69 Å². The molecule has 1 aliphatic carbocycles. The number of aromatic nitrogens is 1. The Bertz CT molecular complexity index is 599. The van der Waals surface area contributed by atoms with Crippen LogP contribution >= 0.6 is 11.3 Å². The van der Waals surface area contributed by atoms with E-state index in [2.05, 4.69) is 10.6 Å². The Kier molecular flexibility index (Phi) is 3.53. The third-order valence-corrected chi connectivity index (χ3v) is 4.49. The molecular formula is C15H19N3OS. The van der Waals surface area contributed by atoms with E-state index in [4.69, 9.17) is 5.73 Å². The van der Waals surface area contributed by atoms with Crippen molar-refractivity contribution in [3.8, 4) is 0 Å². The predicted octanol–water partition coefficient (Wildman–Crippen LogP) is 3.13. The number of hydrogen-bond donors (Lipinski definition) is 1. The Morgan fingerprint density at radius 2 is 2.35 bits per heavy atom. The van der Waals surface area contributed by atoms with Gasteiger partial charge in [0.15, 0.2) is 0 Å². The SMILES string of the molecule is CCN(Cc1cccs1)C(=O)c1cc(N)cn1C1CC1. The van der Waals surface area contributed by atoms with E-state index in [1.54, 1.807) is 17.4 Å². The second-order valence-electron chi connectivity index (χ2n) is 5.20. The highest BCUT2D eigenvalue weighted by Gasteiger charge is 2.29. The number of nitrogens with zero attached hydrogens (tertiary/aromatic N) is 2.